The van der Waals surface area contributed by atoms with E-state index in [1.807, 2.05) is 44.2 Å². The van der Waals surface area contributed by atoms with Crippen LogP contribution in [-0.4, -0.2) is 56.6 Å². The Balaban J connectivity index is 1.35. The molecule has 1 N–H and O–H groups in total. The second kappa shape index (κ2) is 14.4. The van der Waals surface area contributed by atoms with Gasteiger partial charge in [-0.15, -0.1) is 18.3 Å². The number of nitrogens with zero attached hydrogens (tertiary/aromatic N) is 5. The van der Waals surface area contributed by atoms with Gasteiger partial charge in [0.25, 0.3) is 0 Å². The first kappa shape index (κ1) is 32.6. The van der Waals surface area contributed by atoms with Crippen LogP contribution in [0.3, 0.4) is 0 Å². The molecule has 0 saturated heterocycles. The number of carbonyl (C=O) groups excluding carboxylic acids is 1. The maximum absolute atomic E-state index is 13.0. The summed E-state index contributed by atoms with van der Waals surface area (Å²) in [6.45, 7) is 8.80. The highest BCUT2D eigenvalue weighted by molar-refractivity contribution is 8.13. The van der Waals surface area contributed by atoms with Gasteiger partial charge in [0.1, 0.15) is 12.1 Å². The standard InChI is InChI=1S/C32H35F3N6O2S/c1-6-44-30(37-28-19-22(4)7-16-27(28)21(2)3)38-31(42)40(5)18-17-23-8-10-24(11-9-23)29-36-20-41(39-29)25-12-14-26(15-13-25)43-32(33,34)35/h7-16,19-21H,6,17-18H2,1-5H3,(H,37,38,42). The van der Waals surface area contributed by atoms with Crippen LogP contribution in [0.1, 0.15) is 43.4 Å². The van der Waals surface area contributed by atoms with E-state index in [4.69, 9.17) is 4.99 Å². The lowest BCUT2D eigenvalue weighted by Gasteiger charge is -2.19. The summed E-state index contributed by atoms with van der Waals surface area (Å²) >= 11 is 1.49. The van der Waals surface area contributed by atoms with Gasteiger partial charge in [-0.25, -0.2) is 19.5 Å². The minimum absolute atomic E-state index is 0.229. The fraction of sp³-hybridized carbons (Fsp3) is 0.312. The molecule has 0 saturated carbocycles. The number of hydrogen-bond donors (Lipinski definition) is 1. The predicted molar refractivity (Wildman–Crippen MR) is 169 cm³/mol. The summed E-state index contributed by atoms with van der Waals surface area (Å²) in [5, 5.41) is 7.98. The van der Waals surface area contributed by atoms with E-state index in [0.717, 1.165) is 33.7 Å². The molecule has 0 bridgehead atoms. The van der Waals surface area contributed by atoms with Gasteiger partial charge in [-0.2, -0.15) is 0 Å². The van der Waals surface area contributed by atoms with Crippen LogP contribution in [-0.2, 0) is 6.42 Å². The van der Waals surface area contributed by atoms with Crippen molar-refractivity contribution in [1.82, 2.24) is 25.0 Å². The first-order chi connectivity index (χ1) is 20.9. The number of aromatic nitrogens is 3. The molecule has 12 heteroatoms. The molecule has 232 valence electrons. The van der Waals surface area contributed by atoms with Crippen LogP contribution in [0.15, 0.2) is 78.0 Å². The second-order valence-corrected chi connectivity index (χ2v) is 11.7. The Kier molecular flexibility index (Phi) is 10.7. The number of amides is 2. The molecular formula is C32H35F3N6O2S. The van der Waals surface area contributed by atoms with Gasteiger partial charge in [-0.3, -0.25) is 5.32 Å². The summed E-state index contributed by atoms with van der Waals surface area (Å²) in [4.78, 5) is 23.8. The normalized spacial score (nSPS) is 12.0. The molecule has 0 aliphatic rings. The zero-order valence-electron chi connectivity index (χ0n) is 25.2. The number of urea groups is 1. The molecule has 1 aromatic heterocycles. The summed E-state index contributed by atoms with van der Waals surface area (Å²) in [6.07, 6.45) is -2.61. The molecule has 4 rings (SSSR count). The predicted octanol–water partition coefficient (Wildman–Crippen LogP) is 7.89. The number of ether oxygens (including phenoxy) is 1. The fourth-order valence-corrected chi connectivity index (χ4v) is 4.90. The van der Waals surface area contributed by atoms with Crippen molar-refractivity contribution in [1.29, 1.82) is 0 Å². The number of halogens is 3. The van der Waals surface area contributed by atoms with Crippen molar-refractivity contribution in [2.45, 2.75) is 46.4 Å². The second-order valence-electron chi connectivity index (χ2n) is 10.4. The number of nitrogens with one attached hydrogen (secondary N) is 1. The Morgan fingerprint density at radius 1 is 1.09 bits per heavy atom. The van der Waals surface area contributed by atoms with Crippen molar-refractivity contribution in [3.05, 3.63) is 89.7 Å². The topological polar surface area (TPSA) is 84.6 Å². The molecule has 44 heavy (non-hydrogen) atoms. The van der Waals surface area contributed by atoms with Gasteiger partial charge in [0, 0.05) is 19.2 Å². The van der Waals surface area contributed by atoms with Gasteiger partial charge in [-0.1, -0.05) is 68.9 Å². The molecule has 0 aliphatic heterocycles. The van der Waals surface area contributed by atoms with E-state index in [2.05, 4.69) is 46.1 Å². The molecule has 1 heterocycles. The number of amidine groups is 1. The summed E-state index contributed by atoms with van der Waals surface area (Å²) in [7, 11) is 1.75. The Hall–Kier alpha value is -4.32. The van der Waals surface area contributed by atoms with Crippen molar-refractivity contribution in [3.63, 3.8) is 0 Å². The molecule has 0 radical (unpaired) electrons. The summed E-state index contributed by atoms with van der Waals surface area (Å²) in [6, 6.07) is 19.1. The Bertz CT molecular complexity index is 1590. The van der Waals surface area contributed by atoms with E-state index < -0.39 is 6.36 Å². The lowest BCUT2D eigenvalue weighted by molar-refractivity contribution is -0.274. The largest absolute Gasteiger partial charge is 0.573 e. The smallest absolute Gasteiger partial charge is 0.406 e. The average molecular weight is 625 g/mol. The van der Waals surface area contributed by atoms with Gasteiger partial charge >= 0.3 is 12.4 Å². The maximum Gasteiger partial charge on any atom is 0.573 e. The zero-order chi connectivity index (χ0) is 31.9. The van der Waals surface area contributed by atoms with E-state index in [1.165, 1.54) is 47.0 Å². The first-order valence-corrected chi connectivity index (χ1v) is 15.1. The lowest BCUT2D eigenvalue weighted by Crippen LogP contribution is -2.40. The van der Waals surface area contributed by atoms with E-state index in [0.29, 0.717) is 35.6 Å². The Morgan fingerprint density at radius 3 is 2.43 bits per heavy atom. The van der Waals surface area contributed by atoms with E-state index in [1.54, 1.807) is 11.9 Å². The lowest BCUT2D eigenvalue weighted by atomic mass is 10.00. The van der Waals surface area contributed by atoms with E-state index in [-0.39, 0.29) is 11.8 Å². The van der Waals surface area contributed by atoms with Gasteiger partial charge in [0.05, 0.1) is 11.4 Å². The van der Waals surface area contributed by atoms with Crippen LogP contribution < -0.4 is 10.1 Å². The number of aliphatic imine (C=N–C) groups is 1. The van der Waals surface area contributed by atoms with Crippen molar-refractivity contribution >= 4 is 28.6 Å². The number of carbonyl (C=O) groups is 1. The molecule has 0 unspecified atom stereocenters. The first-order valence-electron chi connectivity index (χ1n) is 14.1. The number of rotatable bonds is 9. The Labute approximate surface area is 259 Å². The molecule has 8 nitrogen and oxygen atoms in total. The average Bonchev–Trinajstić information content (AvgIpc) is 3.46. The van der Waals surface area contributed by atoms with Gasteiger partial charge < -0.3 is 9.64 Å². The minimum atomic E-state index is -4.75. The number of aryl methyl sites for hydroxylation is 1. The molecular weight excluding hydrogens is 589 g/mol. The number of hydrogen-bond acceptors (Lipinski definition) is 6. The van der Waals surface area contributed by atoms with Gasteiger partial charge in [-0.05, 0) is 72.0 Å². The van der Waals surface area contributed by atoms with Gasteiger partial charge in [0.2, 0.25) is 0 Å². The quantitative estimate of drug-likeness (QED) is 0.151. The molecule has 0 spiro atoms. The van der Waals surface area contributed by atoms with Crippen LogP contribution in [0, 0.1) is 6.92 Å². The molecule has 0 fully saturated rings. The van der Waals surface area contributed by atoms with Crippen LogP contribution in [0.4, 0.5) is 23.7 Å². The third-order valence-corrected chi connectivity index (χ3v) is 7.40. The monoisotopic (exact) mass is 624 g/mol. The highest BCUT2D eigenvalue weighted by Gasteiger charge is 2.31. The Morgan fingerprint density at radius 2 is 1.80 bits per heavy atom. The highest BCUT2D eigenvalue weighted by Crippen LogP contribution is 2.29. The third kappa shape index (κ3) is 9.09. The summed E-state index contributed by atoms with van der Waals surface area (Å²) in [5.41, 5.74) is 5.47. The van der Waals surface area contributed by atoms with Gasteiger partial charge in [0.15, 0.2) is 11.0 Å². The molecule has 2 amide bonds. The zero-order valence-corrected chi connectivity index (χ0v) is 26.0. The SMILES string of the molecule is CCSC(=Nc1cc(C)ccc1C(C)C)NC(=O)N(C)CCc1ccc(-c2ncn(-c3ccc(OC(F)(F)F)cc3)n2)cc1. The highest BCUT2D eigenvalue weighted by atomic mass is 32.2. The number of thioether (sulfide) groups is 1. The van der Waals surface area contributed by atoms with Crippen molar-refractivity contribution in [2.75, 3.05) is 19.3 Å². The minimum Gasteiger partial charge on any atom is -0.406 e. The van der Waals surface area contributed by atoms with Crippen LogP contribution in [0.25, 0.3) is 17.1 Å². The van der Waals surface area contributed by atoms with Crippen molar-refractivity contribution < 1.29 is 22.7 Å². The third-order valence-electron chi connectivity index (χ3n) is 6.65. The number of likely N-dealkylation sites (N-methyl/N-ethyl adjacent to an activating group) is 1. The summed E-state index contributed by atoms with van der Waals surface area (Å²) < 4.78 is 42.6. The summed E-state index contributed by atoms with van der Waals surface area (Å²) in [5.74, 6) is 1.24. The van der Waals surface area contributed by atoms with Crippen LogP contribution >= 0.6 is 11.8 Å². The maximum atomic E-state index is 13.0. The molecule has 4 aromatic rings. The van der Waals surface area contributed by atoms with E-state index >= 15 is 0 Å². The van der Waals surface area contributed by atoms with E-state index in [9.17, 15) is 18.0 Å². The molecule has 0 atom stereocenters. The van der Waals surface area contributed by atoms with Crippen LogP contribution in [0.5, 0.6) is 5.75 Å². The molecule has 3 aromatic carbocycles. The van der Waals surface area contributed by atoms with Crippen molar-refractivity contribution in [2.24, 2.45) is 4.99 Å². The van der Waals surface area contributed by atoms with Crippen molar-refractivity contribution in [3.8, 4) is 22.8 Å². The fourth-order valence-electron chi connectivity index (χ4n) is 4.31. The number of benzene rings is 3. The van der Waals surface area contributed by atoms with Crippen LogP contribution in [0.2, 0.25) is 0 Å². The number of alkyl halides is 3. The molecule has 0 aliphatic carbocycles.